The van der Waals surface area contributed by atoms with Gasteiger partial charge in [-0.3, -0.25) is 10.3 Å². The highest BCUT2D eigenvalue weighted by atomic mass is 35.5. The van der Waals surface area contributed by atoms with Crippen molar-refractivity contribution >= 4 is 52.2 Å². The molecule has 2 atom stereocenters. The van der Waals surface area contributed by atoms with Gasteiger partial charge in [-0.15, -0.1) is 11.8 Å². The van der Waals surface area contributed by atoms with Crippen LogP contribution in [0.25, 0.3) is 0 Å². The Morgan fingerprint density at radius 1 is 1.25 bits per heavy atom. The zero-order valence-electron chi connectivity index (χ0n) is 13.4. The van der Waals surface area contributed by atoms with Crippen LogP contribution in [-0.2, 0) is 0 Å². The standard InChI is InChI=1S/C18H18ClN3S2/c1-11-6-8-13(9-7-11)17-22(16(20)12(2)24-17)18(23)21-15-5-3-4-14(19)10-15/h3-10,12,17,20H,1-2H3,(H,21,23). The molecule has 0 aliphatic carbocycles. The van der Waals surface area contributed by atoms with E-state index in [0.717, 1.165) is 11.3 Å². The molecular formula is C18H18ClN3S2. The number of aryl methyl sites for hydroxylation is 1. The van der Waals surface area contributed by atoms with Gasteiger partial charge in [0.15, 0.2) is 5.11 Å². The summed E-state index contributed by atoms with van der Waals surface area (Å²) in [7, 11) is 0. The topological polar surface area (TPSA) is 39.1 Å². The van der Waals surface area contributed by atoms with E-state index in [2.05, 4.69) is 36.5 Å². The van der Waals surface area contributed by atoms with Crippen LogP contribution < -0.4 is 5.32 Å². The highest BCUT2D eigenvalue weighted by Gasteiger charge is 2.38. The summed E-state index contributed by atoms with van der Waals surface area (Å²) in [4.78, 5) is 1.89. The average molecular weight is 376 g/mol. The predicted molar refractivity (Wildman–Crippen MR) is 108 cm³/mol. The van der Waals surface area contributed by atoms with Crippen LogP contribution in [0.3, 0.4) is 0 Å². The smallest absolute Gasteiger partial charge is 0.180 e. The Kier molecular flexibility index (Phi) is 5.13. The van der Waals surface area contributed by atoms with E-state index in [0.29, 0.717) is 16.0 Å². The second-order valence-electron chi connectivity index (χ2n) is 5.74. The quantitative estimate of drug-likeness (QED) is 0.684. The van der Waals surface area contributed by atoms with Crippen LogP contribution in [0.4, 0.5) is 5.69 Å². The van der Waals surface area contributed by atoms with Gasteiger partial charge in [0.05, 0.1) is 5.25 Å². The summed E-state index contributed by atoms with van der Waals surface area (Å²) in [5.41, 5.74) is 3.19. The molecule has 3 nitrogen and oxygen atoms in total. The lowest BCUT2D eigenvalue weighted by Crippen LogP contribution is -2.38. The first-order valence-electron chi connectivity index (χ1n) is 7.62. The van der Waals surface area contributed by atoms with Crippen LogP contribution in [0, 0.1) is 12.3 Å². The lowest BCUT2D eigenvalue weighted by atomic mass is 10.1. The summed E-state index contributed by atoms with van der Waals surface area (Å²) in [6.45, 7) is 4.11. The van der Waals surface area contributed by atoms with Crippen molar-refractivity contribution in [3.63, 3.8) is 0 Å². The van der Waals surface area contributed by atoms with Crippen molar-refractivity contribution in [1.82, 2.24) is 4.90 Å². The van der Waals surface area contributed by atoms with Gasteiger partial charge in [0.1, 0.15) is 11.2 Å². The Morgan fingerprint density at radius 3 is 2.62 bits per heavy atom. The second kappa shape index (κ2) is 7.13. The molecule has 3 rings (SSSR count). The molecule has 1 heterocycles. The zero-order valence-corrected chi connectivity index (χ0v) is 15.8. The Balaban J connectivity index is 1.86. The van der Waals surface area contributed by atoms with Gasteiger partial charge in [-0.2, -0.15) is 0 Å². The minimum atomic E-state index is 0.00674. The van der Waals surface area contributed by atoms with E-state index in [9.17, 15) is 0 Å². The fourth-order valence-electron chi connectivity index (χ4n) is 2.57. The number of halogens is 1. The number of rotatable bonds is 2. The number of nitrogens with one attached hydrogen (secondary N) is 2. The van der Waals surface area contributed by atoms with E-state index >= 15 is 0 Å². The number of nitrogens with zero attached hydrogens (tertiary/aromatic N) is 1. The molecule has 0 saturated carbocycles. The third kappa shape index (κ3) is 3.58. The molecule has 1 fully saturated rings. The molecule has 1 aliphatic rings. The Morgan fingerprint density at radius 2 is 1.96 bits per heavy atom. The molecule has 2 N–H and O–H groups in total. The van der Waals surface area contributed by atoms with Crippen molar-refractivity contribution in [1.29, 1.82) is 5.41 Å². The summed E-state index contributed by atoms with van der Waals surface area (Å²) in [6, 6.07) is 15.8. The molecule has 2 unspecified atom stereocenters. The monoisotopic (exact) mass is 375 g/mol. The molecule has 2 aromatic carbocycles. The van der Waals surface area contributed by atoms with Crippen LogP contribution in [0.2, 0.25) is 5.02 Å². The third-order valence-corrected chi connectivity index (χ3v) is 5.78. The molecule has 0 radical (unpaired) electrons. The van der Waals surface area contributed by atoms with Gasteiger partial charge in [-0.05, 0) is 49.8 Å². The van der Waals surface area contributed by atoms with Gasteiger partial charge in [0, 0.05) is 10.7 Å². The highest BCUT2D eigenvalue weighted by molar-refractivity contribution is 8.01. The number of amidine groups is 1. The minimum Gasteiger partial charge on any atom is -0.332 e. The van der Waals surface area contributed by atoms with Crippen LogP contribution in [-0.4, -0.2) is 21.1 Å². The maximum absolute atomic E-state index is 8.42. The molecule has 0 amide bonds. The van der Waals surface area contributed by atoms with Gasteiger partial charge in [0.25, 0.3) is 0 Å². The van der Waals surface area contributed by atoms with Crippen LogP contribution in [0.5, 0.6) is 0 Å². The molecule has 1 saturated heterocycles. The molecule has 1 aliphatic heterocycles. The van der Waals surface area contributed by atoms with Gasteiger partial charge in [-0.25, -0.2) is 0 Å². The largest absolute Gasteiger partial charge is 0.332 e. The molecule has 6 heteroatoms. The van der Waals surface area contributed by atoms with Crippen molar-refractivity contribution in [2.24, 2.45) is 0 Å². The Labute approximate surface area is 156 Å². The summed E-state index contributed by atoms with van der Waals surface area (Å²) < 4.78 is 0. The third-order valence-electron chi connectivity index (χ3n) is 3.87. The molecule has 0 bridgehead atoms. The van der Waals surface area contributed by atoms with Gasteiger partial charge in [-0.1, -0.05) is 47.5 Å². The van der Waals surface area contributed by atoms with Crippen molar-refractivity contribution in [2.45, 2.75) is 24.5 Å². The fourth-order valence-corrected chi connectivity index (χ4v) is 4.43. The number of thiocarbonyl (C=S) groups is 1. The van der Waals surface area contributed by atoms with Gasteiger partial charge < -0.3 is 5.32 Å². The predicted octanol–water partition coefficient (Wildman–Crippen LogP) is 5.46. The van der Waals surface area contributed by atoms with Gasteiger partial charge in [0.2, 0.25) is 0 Å². The lowest BCUT2D eigenvalue weighted by molar-refractivity contribution is 0.602. The van der Waals surface area contributed by atoms with E-state index in [1.807, 2.05) is 36.1 Å². The summed E-state index contributed by atoms with van der Waals surface area (Å²) >= 11 is 13.4. The molecule has 24 heavy (non-hydrogen) atoms. The van der Waals surface area contributed by atoms with E-state index in [4.69, 9.17) is 29.2 Å². The van der Waals surface area contributed by atoms with Crippen molar-refractivity contribution in [3.8, 4) is 0 Å². The van der Waals surface area contributed by atoms with Crippen LogP contribution >= 0.6 is 35.6 Å². The van der Waals surface area contributed by atoms with E-state index < -0.39 is 0 Å². The summed E-state index contributed by atoms with van der Waals surface area (Å²) in [6.07, 6.45) is 0. The number of hydrogen-bond donors (Lipinski definition) is 2. The maximum Gasteiger partial charge on any atom is 0.180 e. The minimum absolute atomic E-state index is 0.00674. The summed E-state index contributed by atoms with van der Waals surface area (Å²) in [5.74, 6) is 0.519. The van der Waals surface area contributed by atoms with E-state index in [1.54, 1.807) is 11.8 Å². The van der Waals surface area contributed by atoms with E-state index in [-0.39, 0.29) is 10.6 Å². The molecule has 2 aromatic rings. The Hall–Kier alpha value is -1.56. The number of anilines is 1. The molecular weight excluding hydrogens is 358 g/mol. The molecule has 124 valence electrons. The van der Waals surface area contributed by atoms with Crippen molar-refractivity contribution in [3.05, 3.63) is 64.7 Å². The first kappa shape index (κ1) is 17.3. The molecule has 0 aromatic heterocycles. The van der Waals surface area contributed by atoms with Crippen molar-refractivity contribution < 1.29 is 0 Å². The number of thioether (sulfide) groups is 1. The number of hydrogen-bond acceptors (Lipinski definition) is 3. The first-order valence-corrected chi connectivity index (χ1v) is 9.35. The summed E-state index contributed by atoms with van der Waals surface area (Å²) in [5, 5.41) is 12.9. The van der Waals surface area contributed by atoms with Crippen LogP contribution in [0.15, 0.2) is 48.5 Å². The van der Waals surface area contributed by atoms with E-state index in [1.165, 1.54) is 5.56 Å². The highest BCUT2D eigenvalue weighted by Crippen LogP contribution is 2.43. The van der Waals surface area contributed by atoms with Crippen LogP contribution in [0.1, 0.15) is 23.4 Å². The number of benzene rings is 2. The first-order chi connectivity index (χ1) is 11.5. The molecule has 0 spiro atoms. The normalized spacial score (nSPS) is 20.3. The average Bonchev–Trinajstić information content (AvgIpc) is 2.83. The Bertz CT molecular complexity index is 776. The van der Waals surface area contributed by atoms with Crippen molar-refractivity contribution in [2.75, 3.05) is 5.32 Å². The maximum atomic E-state index is 8.42. The fraction of sp³-hybridized carbons (Fsp3) is 0.222. The lowest BCUT2D eigenvalue weighted by Gasteiger charge is -2.27. The van der Waals surface area contributed by atoms with Gasteiger partial charge >= 0.3 is 0 Å². The SMILES string of the molecule is Cc1ccc(C2SC(C)C(=N)N2C(=S)Nc2cccc(Cl)c2)cc1. The zero-order chi connectivity index (χ0) is 17.3. The second-order valence-corrected chi connectivity index (χ2v) is 7.99.